The zero-order chi connectivity index (χ0) is 14.1. The molecule has 4 heteroatoms. The van der Waals surface area contributed by atoms with Crippen LogP contribution in [0.5, 0.6) is 0 Å². The molecule has 0 amide bonds. The summed E-state index contributed by atoms with van der Waals surface area (Å²) in [5.74, 6) is 0. The predicted octanol–water partition coefficient (Wildman–Crippen LogP) is 3.83. The third-order valence-corrected chi connectivity index (χ3v) is 15.8. The van der Waals surface area contributed by atoms with E-state index >= 15 is 0 Å². The molecule has 18 heavy (non-hydrogen) atoms. The summed E-state index contributed by atoms with van der Waals surface area (Å²) < 4.78 is 5.10. The summed E-state index contributed by atoms with van der Waals surface area (Å²) in [4.78, 5) is 0. The van der Waals surface area contributed by atoms with Gasteiger partial charge in [-0.3, -0.25) is 0 Å². The zero-order valence-electron chi connectivity index (χ0n) is 13.9. The van der Waals surface area contributed by atoms with Gasteiger partial charge >= 0.3 is 0 Å². The molecule has 2 nitrogen and oxygen atoms in total. The van der Waals surface area contributed by atoms with Crippen molar-refractivity contribution in [2.24, 2.45) is 0 Å². The topological polar surface area (TPSA) is 6.48 Å². The van der Waals surface area contributed by atoms with Gasteiger partial charge in [0.05, 0.1) is 0 Å². The SMILES string of the molecule is CN(C)[Si](C)(C)C1CCC([Si](C)(C)N(C)C)CC1. The number of nitrogens with zero attached hydrogens (tertiary/aromatic N) is 2. The number of hydrogen-bond donors (Lipinski definition) is 0. The molecule has 108 valence electrons. The Morgan fingerprint density at radius 1 is 0.611 bits per heavy atom. The molecular weight excluding hydrogens is 252 g/mol. The molecule has 1 rings (SSSR count). The van der Waals surface area contributed by atoms with Crippen molar-refractivity contribution in [3.05, 3.63) is 0 Å². The molecule has 0 aromatic carbocycles. The quantitative estimate of drug-likeness (QED) is 0.725. The van der Waals surface area contributed by atoms with Gasteiger partial charge < -0.3 is 9.13 Å². The van der Waals surface area contributed by atoms with E-state index in [-0.39, 0.29) is 0 Å². The Hall–Kier alpha value is 0.354. The fourth-order valence-electron chi connectivity index (χ4n) is 3.24. The van der Waals surface area contributed by atoms with Crippen molar-refractivity contribution in [1.29, 1.82) is 0 Å². The molecule has 0 aliphatic heterocycles. The van der Waals surface area contributed by atoms with E-state index in [2.05, 4.69) is 63.5 Å². The first-order valence-corrected chi connectivity index (χ1v) is 13.5. The van der Waals surface area contributed by atoms with Crippen LogP contribution in [0.2, 0.25) is 37.3 Å². The Labute approximate surface area is 117 Å². The van der Waals surface area contributed by atoms with Gasteiger partial charge in [-0.15, -0.1) is 0 Å². The van der Waals surface area contributed by atoms with Crippen LogP contribution in [0, 0.1) is 0 Å². The first-order chi connectivity index (χ1) is 8.10. The lowest BCUT2D eigenvalue weighted by molar-refractivity contribution is 0.436. The highest BCUT2D eigenvalue weighted by Crippen LogP contribution is 2.46. The van der Waals surface area contributed by atoms with Crippen molar-refractivity contribution in [1.82, 2.24) is 9.13 Å². The Kier molecular flexibility index (Phi) is 5.26. The van der Waals surface area contributed by atoms with Gasteiger partial charge in [0, 0.05) is 0 Å². The Morgan fingerprint density at radius 3 is 1.00 bits per heavy atom. The standard InChI is InChI=1S/C14H34N2Si2/c1-15(2)17(5,6)13-9-11-14(12-10-13)18(7,8)16(3)4/h13-14H,9-12H2,1-8H3. The van der Waals surface area contributed by atoms with Crippen LogP contribution in [0.4, 0.5) is 0 Å². The summed E-state index contributed by atoms with van der Waals surface area (Å²) in [6.45, 7) is 10.2. The fraction of sp³-hybridized carbons (Fsp3) is 1.00. The summed E-state index contributed by atoms with van der Waals surface area (Å²) >= 11 is 0. The highest BCUT2D eigenvalue weighted by atomic mass is 28.3. The monoisotopic (exact) mass is 286 g/mol. The van der Waals surface area contributed by atoms with Crippen LogP contribution in [0.3, 0.4) is 0 Å². The van der Waals surface area contributed by atoms with E-state index in [1.807, 2.05) is 0 Å². The summed E-state index contributed by atoms with van der Waals surface area (Å²) in [7, 11) is 6.83. The molecule has 0 heterocycles. The van der Waals surface area contributed by atoms with E-state index < -0.39 is 16.5 Å². The van der Waals surface area contributed by atoms with E-state index in [1.165, 1.54) is 25.7 Å². The lowest BCUT2D eigenvalue weighted by Gasteiger charge is -2.46. The molecular formula is C14H34N2Si2. The van der Waals surface area contributed by atoms with Gasteiger partial charge in [-0.2, -0.15) is 0 Å². The second-order valence-electron chi connectivity index (χ2n) is 7.64. The Bertz CT molecular complexity index is 239. The first-order valence-electron chi connectivity index (χ1n) is 7.45. The van der Waals surface area contributed by atoms with Crippen molar-refractivity contribution in [3.8, 4) is 0 Å². The molecule has 0 atom stereocenters. The second-order valence-corrected chi connectivity index (χ2v) is 17.7. The third-order valence-electron chi connectivity index (χ3n) is 6.03. The summed E-state index contributed by atoms with van der Waals surface area (Å²) in [6.07, 6.45) is 5.91. The van der Waals surface area contributed by atoms with Gasteiger partial charge in [0.15, 0.2) is 0 Å². The fourth-order valence-corrected chi connectivity index (χ4v) is 8.19. The minimum Gasteiger partial charge on any atom is -0.329 e. The predicted molar refractivity (Wildman–Crippen MR) is 88.3 cm³/mol. The second kappa shape index (κ2) is 5.77. The van der Waals surface area contributed by atoms with Crippen LogP contribution >= 0.6 is 0 Å². The van der Waals surface area contributed by atoms with Crippen LogP contribution in [-0.2, 0) is 0 Å². The molecule has 1 aliphatic rings. The van der Waals surface area contributed by atoms with Crippen molar-refractivity contribution in [2.75, 3.05) is 28.2 Å². The van der Waals surface area contributed by atoms with Gasteiger partial charge in [0.25, 0.3) is 0 Å². The highest BCUT2D eigenvalue weighted by molar-refractivity contribution is 6.77. The molecule has 0 saturated heterocycles. The largest absolute Gasteiger partial charge is 0.329 e. The minimum absolute atomic E-state index is 1.01. The molecule has 0 unspecified atom stereocenters. The summed E-state index contributed by atoms with van der Waals surface area (Å²) in [6, 6.07) is 0. The van der Waals surface area contributed by atoms with E-state index in [0.717, 1.165) is 11.1 Å². The van der Waals surface area contributed by atoms with Crippen molar-refractivity contribution >= 4 is 16.5 Å². The molecule has 0 N–H and O–H groups in total. The smallest absolute Gasteiger partial charge is 0.124 e. The molecule has 1 fully saturated rings. The normalized spacial score (nSPS) is 27.0. The molecule has 0 aromatic heterocycles. The highest BCUT2D eigenvalue weighted by Gasteiger charge is 2.41. The van der Waals surface area contributed by atoms with Crippen LogP contribution in [-0.4, -0.2) is 53.8 Å². The lowest BCUT2D eigenvalue weighted by Crippen LogP contribution is -2.52. The summed E-state index contributed by atoms with van der Waals surface area (Å²) in [5.41, 5.74) is 2.02. The maximum Gasteiger partial charge on any atom is 0.124 e. The average molecular weight is 287 g/mol. The van der Waals surface area contributed by atoms with Crippen LogP contribution in [0.15, 0.2) is 0 Å². The van der Waals surface area contributed by atoms with Gasteiger partial charge in [0.2, 0.25) is 0 Å². The van der Waals surface area contributed by atoms with E-state index in [9.17, 15) is 0 Å². The van der Waals surface area contributed by atoms with Gasteiger partial charge in [-0.25, -0.2) is 0 Å². The van der Waals surface area contributed by atoms with Crippen molar-refractivity contribution < 1.29 is 0 Å². The third kappa shape index (κ3) is 3.27. The van der Waals surface area contributed by atoms with Gasteiger partial charge in [0.1, 0.15) is 16.5 Å². The minimum atomic E-state index is -1.16. The molecule has 1 aliphatic carbocycles. The Morgan fingerprint density at radius 2 is 0.833 bits per heavy atom. The summed E-state index contributed by atoms with van der Waals surface area (Å²) in [5, 5.41) is 0. The van der Waals surface area contributed by atoms with E-state index in [0.29, 0.717) is 0 Å². The number of rotatable bonds is 4. The van der Waals surface area contributed by atoms with Crippen LogP contribution in [0.25, 0.3) is 0 Å². The van der Waals surface area contributed by atoms with Crippen LogP contribution in [0.1, 0.15) is 25.7 Å². The van der Waals surface area contributed by atoms with E-state index in [4.69, 9.17) is 0 Å². The van der Waals surface area contributed by atoms with Crippen molar-refractivity contribution in [3.63, 3.8) is 0 Å². The van der Waals surface area contributed by atoms with Crippen molar-refractivity contribution in [2.45, 2.75) is 63.0 Å². The van der Waals surface area contributed by atoms with Crippen LogP contribution < -0.4 is 0 Å². The average Bonchev–Trinajstić information content (AvgIpc) is 2.28. The molecule has 0 bridgehead atoms. The maximum absolute atomic E-state index is 2.55. The first kappa shape index (κ1) is 16.4. The maximum atomic E-state index is 2.55. The zero-order valence-corrected chi connectivity index (χ0v) is 15.9. The Balaban J connectivity index is 2.62. The molecule has 1 saturated carbocycles. The van der Waals surface area contributed by atoms with Gasteiger partial charge in [-0.05, 0) is 39.3 Å². The van der Waals surface area contributed by atoms with E-state index in [1.54, 1.807) is 0 Å². The molecule has 0 radical (unpaired) electrons. The van der Waals surface area contributed by atoms with Gasteiger partial charge in [-0.1, -0.05) is 51.9 Å². The molecule has 0 spiro atoms. The lowest BCUT2D eigenvalue weighted by atomic mass is 9.99. The number of hydrogen-bond acceptors (Lipinski definition) is 2. The molecule has 0 aromatic rings.